The van der Waals surface area contributed by atoms with E-state index >= 15 is 0 Å². The largest absolute Gasteiger partial charge is 1.00 e. The van der Waals surface area contributed by atoms with Crippen LogP contribution in [0.2, 0.25) is 5.02 Å². The summed E-state index contributed by atoms with van der Waals surface area (Å²) >= 11 is 5.86. The molecule has 0 bridgehead atoms. The number of phenols is 1. The number of nitrogens with two attached hydrogens (primary N) is 1. The molecule has 4 aromatic rings. The van der Waals surface area contributed by atoms with Crippen molar-refractivity contribution in [1.29, 1.82) is 0 Å². The van der Waals surface area contributed by atoms with E-state index in [1.807, 2.05) is 30.3 Å². The number of halogens is 1. The second kappa shape index (κ2) is 16.8. The molecule has 0 atom stereocenters. The maximum atomic E-state index is 12.1. The van der Waals surface area contributed by atoms with Crippen molar-refractivity contribution in [1.82, 2.24) is 0 Å². The summed E-state index contributed by atoms with van der Waals surface area (Å²) in [4.78, 5) is 33.9. The number of fused-ring (bicyclic) bond motifs is 2. The molecule has 6 rings (SSSR count). The van der Waals surface area contributed by atoms with Crippen LogP contribution in [-0.4, -0.2) is 41.4 Å². The summed E-state index contributed by atoms with van der Waals surface area (Å²) in [7, 11) is -3.85. The van der Waals surface area contributed by atoms with E-state index < -0.39 is 20.7 Å². The summed E-state index contributed by atoms with van der Waals surface area (Å²) in [5, 5.41) is 35.7. The van der Waals surface area contributed by atoms with E-state index in [0.717, 1.165) is 16.8 Å². The fourth-order valence-corrected chi connectivity index (χ4v) is 5.22. The van der Waals surface area contributed by atoms with Crippen molar-refractivity contribution < 1.29 is 74.4 Å². The summed E-state index contributed by atoms with van der Waals surface area (Å²) in [6.07, 6.45) is 6.18. The number of nitrogens with zero attached hydrogens (tertiary/aromatic N) is 3. The molecule has 0 saturated carbocycles. The van der Waals surface area contributed by atoms with Gasteiger partial charge < -0.3 is 10.8 Å². The molecule has 14 nitrogen and oxygen atoms in total. The summed E-state index contributed by atoms with van der Waals surface area (Å²) < 4.78 is 22.9. The number of carbonyl (C=O) groups excluding carboxylic acids is 2. The SMILES string of the molecule is NS(=O)(=O)c1ccc2c(c1)C=CC(=O)/C2=N\Nc1cc(Cl)ccc1O.[Co].[NH-]c1ccc2ccccc2c1N/N=C1/C=CC([N+](=O)[O-])=CC1=O.[Na+]. The summed E-state index contributed by atoms with van der Waals surface area (Å²) in [5.41, 5.74) is 15.0. The molecule has 251 valence electrons. The first kappa shape index (κ1) is 39.8. The van der Waals surface area contributed by atoms with Gasteiger partial charge in [0.1, 0.15) is 17.2 Å². The molecule has 50 heavy (non-hydrogen) atoms. The third kappa shape index (κ3) is 9.32. The predicted molar refractivity (Wildman–Crippen MR) is 183 cm³/mol. The number of carbonyl (C=O) groups is 2. The number of sulfonamides is 1. The van der Waals surface area contributed by atoms with Crippen molar-refractivity contribution in [2.24, 2.45) is 15.3 Å². The number of allylic oxidation sites excluding steroid dienone is 4. The van der Waals surface area contributed by atoms with Crippen molar-refractivity contribution in [3.8, 4) is 5.75 Å². The minimum absolute atomic E-state index is 0. The van der Waals surface area contributed by atoms with E-state index in [-0.39, 0.29) is 91.3 Å². The van der Waals surface area contributed by atoms with E-state index in [2.05, 4.69) is 21.1 Å². The molecule has 0 unspecified atom stereocenters. The third-order valence-electron chi connectivity index (χ3n) is 6.87. The Hall–Kier alpha value is -4.65. The number of ketones is 2. The number of nitrogens with one attached hydrogen (secondary N) is 3. The van der Waals surface area contributed by atoms with Gasteiger partial charge >= 0.3 is 29.6 Å². The Balaban J connectivity index is 0.000000261. The van der Waals surface area contributed by atoms with Gasteiger partial charge in [-0.05, 0) is 53.4 Å². The number of primary sulfonamides is 1. The van der Waals surface area contributed by atoms with Crippen molar-refractivity contribution in [3.63, 3.8) is 0 Å². The Morgan fingerprint density at radius 3 is 2.34 bits per heavy atom. The van der Waals surface area contributed by atoms with Crippen LogP contribution >= 0.6 is 11.6 Å². The van der Waals surface area contributed by atoms with Crippen molar-refractivity contribution >= 4 is 78.5 Å². The standard InChI is InChI=1S/C16H12ClN3O4S.C16H12N4O3.Co.Na/c17-10-2-6-14(21)13(8-10)19-20-16-12-4-3-11(25(18,23)24)7-9(12)1-5-15(16)22;17-13-7-5-10-3-1-2-4-12(10)16(13)19-18-14-8-6-11(20(22)23)9-15(14)21;;/h1-8,19,21H,(H2,18,23,24);1-9H,(H3,17,18,19,21);;/q;;;+1/p-1/b20-16-;;;. The average molecular weight is 767 g/mol. The predicted octanol–water partition coefficient (Wildman–Crippen LogP) is 2.70. The Kier molecular flexibility index (Phi) is 13.4. The summed E-state index contributed by atoms with van der Waals surface area (Å²) in [5.74, 6) is -1.01. The molecule has 0 aliphatic heterocycles. The van der Waals surface area contributed by atoms with Crippen LogP contribution in [0.3, 0.4) is 0 Å². The first-order valence-electron chi connectivity index (χ1n) is 13.7. The van der Waals surface area contributed by atoms with Crippen LogP contribution in [0.1, 0.15) is 11.1 Å². The molecule has 4 aromatic carbocycles. The number of benzene rings is 4. The molecule has 0 spiro atoms. The molecule has 2 aliphatic rings. The minimum Gasteiger partial charge on any atom is -0.697 e. The maximum Gasteiger partial charge on any atom is 1.00 e. The van der Waals surface area contributed by atoms with Crippen molar-refractivity contribution in [2.45, 2.75) is 4.90 Å². The number of phenolic OH excluding ortho intramolecular Hbond substituents is 1. The van der Waals surface area contributed by atoms with Crippen LogP contribution < -0.4 is 45.5 Å². The molecular weight excluding hydrogens is 744 g/mol. The number of rotatable bonds is 6. The number of anilines is 2. The van der Waals surface area contributed by atoms with E-state index in [1.54, 1.807) is 6.07 Å². The van der Waals surface area contributed by atoms with Gasteiger partial charge in [0.25, 0.3) is 5.70 Å². The number of nitro groups is 1. The molecule has 0 heterocycles. The molecule has 0 aromatic heterocycles. The smallest absolute Gasteiger partial charge is 0.697 e. The molecule has 0 saturated heterocycles. The summed E-state index contributed by atoms with van der Waals surface area (Å²) in [6.45, 7) is 0. The van der Waals surface area contributed by atoms with Gasteiger partial charge in [-0.1, -0.05) is 60.1 Å². The van der Waals surface area contributed by atoms with Crippen LogP contribution in [0.4, 0.5) is 17.1 Å². The van der Waals surface area contributed by atoms with Gasteiger partial charge in [-0.3, -0.25) is 30.6 Å². The van der Waals surface area contributed by atoms with Crippen LogP contribution in [0.15, 0.2) is 118 Å². The van der Waals surface area contributed by atoms with Crippen LogP contribution in [0.25, 0.3) is 22.6 Å². The zero-order valence-corrected chi connectivity index (χ0v) is 30.4. The van der Waals surface area contributed by atoms with Crippen LogP contribution in [-0.2, 0) is 36.4 Å². The molecule has 0 fully saturated rings. The zero-order valence-electron chi connectivity index (χ0n) is 25.8. The third-order valence-corrected chi connectivity index (χ3v) is 8.02. The molecule has 6 N–H and O–H groups in total. The van der Waals surface area contributed by atoms with Gasteiger partial charge in [0.2, 0.25) is 21.6 Å². The fraction of sp³-hybridized carbons (Fsp3) is 0. The Morgan fingerprint density at radius 2 is 1.64 bits per heavy atom. The molecule has 0 amide bonds. The Labute approximate surface area is 322 Å². The zero-order chi connectivity index (χ0) is 34.6. The maximum absolute atomic E-state index is 12.1. The van der Waals surface area contributed by atoms with Gasteiger partial charge in [0.15, 0.2) is 0 Å². The first-order valence-corrected chi connectivity index (χ1v) is 15.6. The second-order valence-electron chi connectivity index (χ2n) is 10.1. The van der Waals surface area contributed by atoms with E-state index in [0.29, 0.717) is 21.8 Å². The molecule has 18 heteroatoms. The number of hydrazone groups is 2. The number of hydrogen-bond donors (Lipinski definition) is 4. The van der Waals surface area contributed by atoms with Crippen molar-refractivity contribution in [2.75, 3.05) is 10.9 Å². The topological polar surface area (TPSA) is 230 Å². The second-order valence-corrected chi connectivity index (χ2v) is 12.1. The molecule has 2 aliphatic carbocycles. The average Bonchev–Trinajstić information content (AvgIpc) is 3.05. The Bertz CT molecular complexity index is 2290. The molecule has 1 radical (unpaired) electrons. The van der Waals surface area contributed by atoms with Gasteiger partial charge in [0, 0.05) is 44.5 Å². The quantitative estimate of drug-likeness (QED) is 0.0742. The minimum atomic E-state index is -3.85. The van der Waals surface area contributed by atoms with Gasteiger partial charge in [-0.25, -0.2) is 13.6 Å². The number of hydrogen-bond acceptors (Lipinski definition) is 11. The Morgan fingerprint density at radius 1 is 0.900 bits per heavy atom. The monoisotopic (exact) mass is 766 g/mol. The van der Waals surface area contributed by atoms with E-state index in [1.165, 1.54) is 60.7 Å². The molecular formula is C32H23ClCoN7NaO7S. The van der Waals surface area contributed by atoms with Gasteiger partial charge in [-0.2, -0.15) is 10.2 Å². The summed E-state index contributed by atoms with van der Waals surface area (Å²) in [6, 6.07) is 19.4. The van der Waals surface area contributed by atoms with Gasteiger partial charge in [0.05, 0.1) is 21.6 Å². The van der Waals surface area contributed by atoms with Gasteiger partial charge in [-0.15, -0.1) is 5.69 Å². The van der Waals surface area contributed by atoms with Crippen LogP contribution in [0.5, 0.6) is 5.75 Å². The van der Waals surface area contributed by atoms with Crippen LogP contribution in [0, 0.1) is 10.1 Å². The van der Waals surface area contributed by atoms with E-state index in [4.69, 9.17) is 22.5 Å². The normalized spacial score (nSPS) is 14.9. The number of aromatic hydroxyl groups is 1. The van der Waals surface area contributed by atoms with Crippen molar-refractivity contribution in [3.05, 3.63) is 135 Å². The fourth-order valence-electron chi connectivity index (χ4n) is 4.49. The van der Waals surface area contributed by atoms with E-state index in [9.17, 15) is 33.2 Å². The first-order chi connectivity index (χ1) is 22.8.